The van der Waals surface area contributed by atoms with E-state index < -0.39 is 0 Å². The van der Waals surface area contributed by atoms with Crippen molar-refractivity contribution in [2.75, 3.05) is 4.90 Å². The van der Waals surface area contributed by atoms with Crippen molar-refractivity contribution < 1.29 is 0 Å². The molecule has 0 spiro atoms. The summed E-state index contributed by atoms with van der Waals surface area (Å²) in [4.78, 5) is 2.38. The molecule has 1 aliphatic carbocycles. The van der Waals surface area contributed by atoms with Crippen LogP contribution >= 0.6 is 11.3 Å². The van der Waals surface area contributed by atoms with Crippen LogP contribution in [0.15, 0.2) is 224 Å². The fraction of sp³-hybridized carbons (Fsp3) is 0.0370. The Labute approximate surface area is 332 Å². The predicted molar refractivity (Wildman–Crippen MR) is 241 cm³/mol. The maximum Gasteiger partial charge on any atom is 0.0461 e. The van der Waals surface area contributed by atoms with Crippen molar-refractivity contribution in [3.8, 4) is 44.5 Å². The van der Waals surface area contributed by atoms with Crippen LogP contribution in [0, 0.1) is 0 Å². The summed E-state index contributed by atoms with van der Waals surface area (Å²) in [6, 6.07) is 72.8. The van der Waals surface area contributed by atoms with Gasteiger partial charge in [-0.15, -0.1) is 11.3 Å². The maximum atomic E-state index is 2.38. The van der Waals surface area contributed by atoms with E-state index in [1.54, 1.807) is 0 Å². The van der Waals surface area contributed by atoms with Gasteiger partial charge in [-0.3, -0.25) is 0 Å². The molecule has 1 unspecified atom stereocenters. The van der Waals surface area contributed by atoms with Gasteiger partial charge in [-0.1, -0.05) is 170 Å². The fourth-order valence-electron chi connectivity index (χ4n) is 8.05. The molecule has 0 fully saturated rings. The minimum absolute atomic E-state index is 0.379. The van der Waals surface area contributed by atoms with Crippen LogP contribution in [0.1, 0.15) is 17.9 Å². The highest BCUT2D eigenvalue weighted by Crippen LogP contribution is 2.40. The van der Waals surface area contributed by atoms with Crippen LogP contribution in [-0.2, 0) is 0 Å². The van der Waals surface area contributed by atoms with Gasteiger partial charge in [-0.25, -0.2) is 0 Å². The lowest BCUT2D eigenvalue weighted by Gasteiger charge is -2.29. The minimum Gasteiger partial charge on any atom is -0.311 e. The lowest BCUT2D eigenvalue weighted by atomic mass is 9.91. The molecule has 0 N–H and O–H groups in total. The summed E-state index contributed by atoms with van der Waals surface area (Å²) in [5.41, 5.74) is 14.6. The molecule has 0 radical (unpaired) electrons. The molecule has 56 heavy (non-hydrogen) atoms. The number of benzene rings is 8. The van der Waals surface area contributed by atoms with E-state index in [-0.39, 0.29) is 0 Å². The van der Waals surface area contributed by atoms with E-state index in [2.05, 4.69) is 223 Å². The summed E-state index contributed by atoms with van der Waals surface area (Å²) in [5, 5.41) is 2.64. The van der Waals surface area contributed by atoms with Gasteiger partial charge in [0.25, 0.3) is 0 Å². The molecule has 0 saturated heterocycles. The molecule has 1 aromatic heterocycles. The highest BCUT2D eigenvalue weighted by atomic mass is 32.1. The molecule has 9 aromatic rings. The third kappa shape index (κ3) is 6.66. The Bertz CT molecular complexity index is 2850. The van der Waals surface area contributed by atoms with Crippen molar-refractivity contribution in [3.63, 3.8) is 0 Å². The highest BCUT2D eigenvalue weighted by molar-refractivity contribution is 7.25. The maximum absolute atomic E-state index is 2.38. The second-order valence-electron chi connectivity index (χ2n) is 14.5. The molecule has 0 saturated carbocycles. The van der Waals surface area contributed by atoms with Gasteiger partial charge in [0, 0.05) is 43.2 Å². The molecule has 266 valence electrons. The van der Waals surface area contributed by atoms with E-state index in [4.69, 9.17) is 0 Å². The van der Waals surface area contributed by atoms with Crippen LogP contribution < -0.4 is 4.90 Å². The van der Waals surface area contributed by atoms with E-state index in [1.807, 2.05) is 11.3 Å². The van der Waals surface area contributed by atoms with Crippen LogP contribution in [0.2, 0.25) is 0 Å². The van der Waals surface area contributed by atoms with Crippen LogP contribution in [0.25, 0.3) is 64.7 Å². The van der Waals surface area contributed by atoms with Crippen LogP contribution in [0.4, 0.5) is 11.4 Å². The standard InChI is InChI=1S/C54H39NS/c1-4-11-38(12-5-1)41-19-27-48(28-20-41)55(49-29-21-42(22-30-49)39-13-6-2-7-14-39)50-31-23-43(24-32-50)44-17-10-18-45(35-44)47-26-34-52-51-33-25-46(40-15-8-3-9-16-40)36-53(51)56-54(52)37-47/h1-21,23-37,42H,22H2. The van der Waals surface area contributed by atoms with Crippen molar-refractivity contribution in [2.45, 2.75) is 12.3 Å². The van der Waals surface area contributed by atoms with E-state index in [1.165, 1.54) is 75.9 Å². The average Bonchev–Trinajstić information content (AvgIpc) is 3.65. The Morgan fingerprint density at radius 2 is 0.821 bits per heavy atom. The quantitative estimate of drug-likeness (QED) is 0.150. The Balaban J connectivity index is 0.948. The normalized spacial score (nSPS) is 13.9. The van der Waals surface area contributed by atoms with Crippen LogP contribution in [-0.4, -0.2) is 0 Å². The van der Waals surface area contributed by atoms with Gasteiger partial charge in [0.15, 0.2) is 0 Å². The molecule has 10 rings (SSSR count). The monoisotopic (exact) mass is 733 g/mol. The third-order valence-electron chi connectivity index (χ3n) is 11.0. The smallest absolute Gasteiger partial charge is 0.0461 e. The fourth-order valence-corrected chi connectivity index (χ4v) is 9.24. The summed E-state index contributed by atoms with van der Waals surface area (Å²) in [5.74, 6) is 0.379. The van der Waals surface area contributed by atoms with Crippen molar-refractivity contribution in [1.29, 1.82) is 0 Å². The first kappa shape index (κ1) is 33.8. The summed E-state index contributed by atoms with van der Waals surface area (Å²) in [6.45, 7) is 0. The average molecular weight is 734 g/mol. The number of hydrogen-bond acceptors (Lipinski definition) is 2. The molecule has 0 amide bonds. The number of rotatable bonds is 8. The van der Waals surface area contributed by atoms with Gasteiger partial charge < -0.3 is 4.90 Å². The Morgan fingerprint density at radius 1 is 0.393 bits per heavy atom. The first-order valence-electron chi connectivity index (χ1n) is 19.4. The van der Waals surface area contributed by atoms with Gasteiger partial charge in [-0.2, -0.15) is 0 Å². The summed E-state index contributed by atoms with van der Waals surface area (Å²) >= 11 is 1.88. The molecule has 8 aromatic carbocycles. The zero-order chi connectivity index (χ0) is 37.3. The number of fused-ring (bicyclic) bond motifs is 3. The van der Waals surface area contributed by atoms with Crippen molar-refractivity contribution in [1.82, 2.24) is 0 Å². The van der Waals surface area contributed by atoms with Gasteiger partial charge in [0.05, 0.1) is 0 Å². The molecular formula is C54H39NS. The van der Waals surface area contributed by atoms with E-state index >= 15 is 0 Å². The SMILES string of the molecule is C1=CC(c2ccccc2)CC=C1N(c1ccc(-c2ccccc2)cc1)c1ccc(-c2cccc(-c3ccc4c(c3)sc3cc(-c5ccccc5)ccc34)c2)cc1. The summed E-state index contributed by atoms with van der Waals surface area (Å²) < 4.78 is 2.64. The Kier molecular flexibility index (Phi) is 8.95. The number of thiophene rings is 1. The number of allylic oxidation sites excluding steroid dienone is 3. The Hall–Kier alpha value is -6.74. The number of nitrogens with zero attached hydrogens (tertiary/aromatic N) is 1. The third-order valence-corrected chi connectivity index (χ3v) is 12.1. The largest absolute Gasteiger partial charge is 0.311 e. The molecule has 1 aliphatic rings. The predicted octanol–water partition coefficient (Wildman–Crippen LogP) is 15.5. The Morgan fingerprint density at radius 3 is 1.38 bits per heavy atom. The van der Waals surface area contributed by atoms with Crippen LogP contribution in [0.3, 0.4) is 0 Å². The van der Waals surface area contributed by atoms with Gasteiger partial charge in [-0.05, 0) is 105 Å². The molecule has 1 heterocycles. The molecule has 1 nitrogen and oxygen atoms in total. The molecule has 2 heteroatoms. The van der Waals surface area contributed by atoms with Crippen LogP contribution in [0.5, 0.6) is 0 Å². The molecule has 1 atom stereocenters. The molecule has 0 bridgehead atoms. The van der Waals surface area contributed by atoms with Gasteiger partial charge in [0.1, 0.15) is 0 Å². The van der Waals surface area contributed by atoms with Crippen molar-refractivity contribution >= 4 is 42.9 Å². The lowest BCUT2D eigenvalue weighted by Crippen LogP contribution is -2.17. The van der Waals surface area contributed by atoms with E-state index in [0.717, 1.165) is 17.8 Å². The number of hydrogen-bond donors (Lipinski definition) is 0. The highest BCUT2D eigenvalue weighted by Gasteiger charge is 2.19. The summed E-state index contributed by atoms with van der Waals surface area (Å²) in [7, 11) is 0. The van der Waals surface area contributed by atoms with Gasteiger partial charge in [0.2, 0.25) is 0 Å². The molecular weight excluding hydrogens is 695 g/mol. The topological polar surface area (TPSA) is 3.24 Å². The number of anilines is 2. The van der Waals surface area contributed by atoms with Gasteiger partial charge >= 0.3 is 0 Å². The second kappa shape index (κ2) is 14.8. The zero-order valence-corrected chi connectivity index (χ0v) is 31.7. The first-order valence-corrected chi connectivity index (χ1v) is 20.2. The minimum atomic E-state index is 0.379. The lowest BCUT2D eigenvalue weighted by molar-refractivity contribution is 0.840. The van der Waals surface area contributed by atoms with E-state index in [9.17, 15) is 0 Å². The second-order valence-corrected chi connectivity index (χ2v) is 15.6. The van der Waals surface area contributed by atoms with Crippen molar-refractivity contribution in [3.05, 3.63) is 230 Å². The van der Waals surface area contributed by atoms with E-state index in [0.29, 0.717) is 5.92 Å². The first-order chi connectivity index (χ1) is 27.7. The summed E-state index contributed by atoms with van der Waals surface area (Å²) in [6.07, 6.45) is 7.99. The zero-order valence-electron chi connectivity index (χ0n) is 30.9. The van der Waals surface area contributed by atoms with Crippen molar-refractivity contribution in [2.24, 2.45) is 0 Å². The molecule has 0 aliphatic heterocycles.